The lowest BCUT2D eigenvalue weighted by atomic mass is 10.3. The van der Waals surface area contributed by atoms with E-state index >= 15 is 0 Å². The van der Waals surface area contributed by atoms with Crippen LogP contribution in [0.1, 0.15) is 20.3 Å². The van der Waals surface area contributed by atoms with E-state index in [1.807, 2.05) is 20.0 Å². The van der Waals surface area contributed by atoms with Gasteiger partial charge in [0.15, 0.2) is 5.76 Å². The molecule has 82 valence electrons. The molecule has 1 aliphatic heterocycles. The van der Waals surface area contributed by atoms with E-state index in [1.54, 1.807) is 6.08 Å². The van der Waals surface area contributed by atoms with Crippen LogP contribution in [0.15, 0.2) is 24.1 Å². The number of rotatable bonds is 4. The van der Waals surface area contributed by atoms with E-state index in [0.717, 1.165) is 13.1 Å². The van der Waals surface area contributed by atoms with Crippen molar-refractivity contribution in [3.8, 4) is 0 Å². The number of ether oxygens (including phenoxy) is 1. The molecule has 0 saturated carbocycles. The molecule has 0 atom stereocenters. The zero-order valence-electron chi connectivity index (χ0n) is 9.03. The molecule has 0 radical (unpaired) electrons. The first kappa shape index (κ1) is 11.5. The molecule has 0 aliphatic carbocycles. The van der Waals surface area contributed by atoms with Gasteiger partial charge in [0.25, 0.3) is 0 Å². The van der Waals surface area contributed by atoms with Crippen LogP contribution in [0.3, 0.4) is 0 Å². The zero-order chi connectivity index (χ0) is 11.3. The third kappa shape index (κ3) is 3.23. The summed E-state index contributed by atoms with van der Waals surface area (Å²) in [4.78, 5) is 24.0. The third-order valence-corrected chi connectivity index (χ3v) is 2.16. The molecule has 0 bridgehead atoms. The van der Waals surface area contributed by atoms with Crippen LogP contribution in [0.25, 0.3) is 0 Å². The lowest BCUT2D eigenvalue weighted by Gasteiger charge is -2.13. The standard InChI is InChI=1S/C11H15NO3/c1-3-12(4-2)7-5-6-10-9(13)8-11(14)15-10/h5-7H,3-4,8H2,1-2H3/b7-5+,10-6+. The van der Waals surface area contributed by atoms with Crippen molar-refractivity contribution in [1.29, 1.82) is 0 Å². The molecule has 0 N–H and O–H groups in total. The fourth-order valence-corrected chi connectivity index (χ4v) is 1.25. The molecule has 0 spiro atoms. The molecular formula is C11H15NO3. The monoisotopic (exact) mass is 209 g/mol. The molecule has 4 nitrogen and oxygen atoms in total. The van der Waals surface area contributed by atoms with Crippen molar-refractivity contribution in [3.05, 3.63) is 24.1 Å². The summed E-state index contributed by atoms with van der Waals surface area (Å²) in [5, 5.41) is 0. The molecule has 0 unspecified atom stereocenters. The number of cyclic esters (lactones) is 1. The summed E-state index contributed by atoms with van der Waals surface area (Å²) in [6, 6.07) is 0. The number of Topliss-reactive ketones (excluding diaryl/α,β-unsaturated/α-hetero) is 1. The van der Waals surface area contributed by atoms with Crippen molar-refractivity contribution < 1.29 is 14.3 Å². The molecule has 15 heavy (non-hydrogen) atoms. The Balaban J connectivity index is 2.57. The van der Waals surface area contributed by atoms with Gasteiger partial charge < -0.3 is 9.64 Å². The van der Waals surface area contributed by atoms with Gasteiger partial charge in [0.05, 0.1) is 0 Å². The van der Waals surface area contributed by atoms with E-state index in [4.69, 9.17) is 4.74 Å². The third-order valence-electron chi connectivity index (χ3n) is 2.16. The summed E-state index contributed by atoms with van der Waals surface area (Å²) in [5.41, 5.74) is 0. The van der Waals surface area contributed by atoms with Gasteiger partial charge in [-0.1, -0.05) is 0 Å². The molecule has 1 fully saturated rings. The van der Waals surface area contributed by atoms with E-state index in [2.05, 4.69) is 4.90 Å². The quantitative estimate of drug-likeness (QED) is 0.397. The number of carbonyl (C=O) groups excluding carboxylic acids is 2. The normalized spacial score (nSPS) is 18.9. The number of hydrogen-bond donors (Lipinski definition) is 0. The predicted octanol–water partition coefficient (Wildman–Crippen LogP) is 1.24. The van der Waals surface area contributed by atoms with Crippen molar-refractivity contribution in [2.24, 2.45) is 0 Å². The first-order valence-electron chi connectivity index (χ1n) is 5.03. The van der Waals surface area contributed by atoms with Crippen LogP contribution >= 0.6 is 0 Å². The van der Waals surface area contributed by atoms with E-state index in [-0.39, 0.29) is 18.0 Å². The van der Waals surface area contributed by atoms with E-state index in [0.29, 0.717) is 0 Å². The fourth-order valence-electron chi connectivity index (χ4n) is 1.25. The average molecular weight is 209 g/mol. The van der Waals surface area contributed by atoms with Crippen LogP contribution in [0.2, 0.25) is 0 Å². The molecule has 1 heterocycles. The smallest absolute Gasteiger partial charge is 0.319 e. The molecule has 0 aromatic rings. The number of ketones is 1. The van der Waals surface area contributed by atoms with Crippen LogP contribution < -0.4 is 0 Å². The van der Waals surface area contributed by atoms with Crippen molar-refractivity contribution in [1.82, 2.24) is 4.90 Å². The zero-order valence-corrected chi connectivity index (χ0v) is 9.03. The maximum absolute atomic E-state index is 11.1. The summed E-state index contributed by atoms with van der Waals surface area (Å²) >= 11 is 0. The summed E-state index contributed by atoms with van der Waals surface area (Å²) in [6.45, 7) is 5.90. The van der Waals surface area contributed by atoms with Gasteiger partial charge in [0.2, 0.25) is 5.78 Å². The number of hydrogen-bond acceptors (Lipinski definition) is 4. The van der Waals surface area contributed by atoms with Crippen molar-refractivity contribution in [2.75, 3.05) is 13.1 Å². The molecule has 1 aliphatic rings. The van der Waals surface area contributed by atoms with Gasteiger partial charge in [-0.2, -0.15) is 0 Å². The van der Waals surface area contributed by atoms with E-state index < -0.39 is 5.97 Å². The van der Waals surface area contributed by atoms with E-state index in [9.17, 15) is 9.59 Å². The Kier molecular flexibility index (Phi) is 4.09. The number of allylic oxidation sites excluding steroid dienone is 3. The minimum Gasteiger partial charge on any atom is -0.422 e. The minimum absolute atomic E-state index is 0.134. The Labute approximate surface area is 89.2 Å². The highest BCUT2D eigenvalue weighted by molar-refractivity contribution is 6.10. The first-order chi connectivity index (χ1) is 7.17. The highest BCUT2D eigenvalue weighted by Gasteiger charge is 2.26. The maximum atomic E-state index is 11.1. The van der Waals surface area contributed by atoms with Gasteiger partial charge in [-0.3, -0.25) is 9.59 Å². The van der Waals surface area contributed by atoms with Crippen molar-refractivity contribution in [3.63, 3.8) is 0 Å². The Morgan fingerprint density at radius 1 is 1.33 bits per heavy atom. The van der Waals surface area contributed by atoms with Gasteiger partial charge in [-0.15, -0.1) is 0 Å². The maximum Gasteiger partial charge on any atom is 0.319 e. The van der Waals surface area contributed by atoms with Crippen molar-refractivity contribution >= 4 is 11.8 Å². The second-order valence-electron chi connectivity index (χ2n) is 3.17. The fraction of sp³-hybridized carbons (Fsp3) is 0.455. The summed E-state index contributed by atoms with van der Waals surface area (Å²) < 4.78 is 4.73. The van der Waals surface area contributed by atoms with Crippen LogP contribution in [0, 0.1) is 0 Å². The highest BCUT2D eigenvalue weighted by atomic mass is 16.5. The summed E-state index contributed by atoms with van der Waals surface area (Å²) in [7, 11) is 0. The van der Waals surface area contributed by atoms with Gasteiger partial charge in [-0.25, -0.2) is 0 Å². The Bertz CT molecular complexity index is 314. The minimum atomic E-state index is -0.470. The number of esters is 1. The first-order valence-corrected chi connectivity index (χ1v) is 5.03. The molecule has 1 saturated heterocycles. The Morgan fingerprint density at radius 3 is 2.47 bits per heavy atom. The number of carbonyl (C=O) groups is 2. The van der Waals surface area contributed by atoms with Crippen molar-refractivity contribution in [2.45, 2.75) is 20.3 Å². The topological polar surface area (TPSA) is 46.6 Å². The number of nitrogens with zero attached hydrogens (tertiary/aromatic N) is 1. The summed E-state index contributed by atoms with van der Waals surface area (Å²) in [5.74, 6) is -0.574. The molecule has 1 rings (SSSR count). The molecule has 0 aromatic heterocycles. The van der Waals surface area contributed by atoms with Crippen LogP contribution in [-0.4, -0.2) is 29.7 Å². The van der Waals surface area contributed by atoms with Gasteiger partial charge in [0, 0.05) is 13.1 Å². The largest absolute Gasteiger partial charge is 0.422 e. The Hall–Kier alpha value is -1.58. The van der Waals surface area contributed by atoms with Crippen LogP contribution in [0.5, 0.6) is 0 Å². The average Bonchev–Trinajstić information content (AvgIpc) is 2.52. The second kappa shape index (κ2) is 5.34. The predicted molar refractivity (Wildman–Crippen MR) is 55.9 cm³/mol. The lowest BCUT2D eigenvalue weighted by Crippen LogP contribution is -2.14. The van der Waals surface area contributed by atoms with Gasteiger partial charge >= 0.3 is 5.97 Å². The summed E-state index contributed by atoms with van der Waals surface area (Å²) in [6.07, 6.45) is 4.99. The van der Waals surface area contributed by atoms with Gasteiger partial charge in [0.1, 0.15) is 6.42 Å². The molecular weight excluding hydrogens is 194 g/mol. The van der Waals surface area contributed by atoms with Gasteiger partial charge in [-0.05, 0) is 32.2 Å². The molecule has 4 heteroatoms. The Morgan fingerprint density at radius 2 is 2.00 bits per heavy atom. The lowest BCUT2D eigenvalue weighted by molar-refractivity contribution is -0.135. The van der Waals surface area contributed by atoms with E-state index in [1.165, 1.54) is 6.08 Å². The van der Waals surface area contributed by atoms with Crippen LogP contribution in [-0.2, 0) is 14.3 Å². The molecule has 0 amide bonds. The highest BCUT2D eigenvalue weighted by Crippen LogP contribution is 2.13. The molecule has 0 aromatic carbocycles. The SMILES string of the molecule is CCN(/C=C/C=C1/OC(=O)CC1=O)CC. The second-order valence-corrected chi connectivity index (χ2v) is 3.17. The van der Waals surface area contributed by atoms with Crippen LogP contribution in [0.4, 0.5) is 0 Å².